The van der Waals surface area contributed by atoms with Crippen molar-refractivity contribution in [3.05, 3.63) is 26.7 Å². The minimum Gasteiger partial charge on any atom is -0.396 e. The van der Waals surface area contributed by atoms with Gasteiger partial charge in [0.1, 0.15) is 0 Å². The minimum absolute atomic E-state index is 0.00409. The molecule has 2 rings (SSSR count). The molecule has 92 valence electrons. The van der Waals surface area contributed by atoms with Crippen LogP contribution in [0, 0.1) is 5.92 Å². The van der Waals surface area contributed by atoms with Gasteiger partial charge in [-0.1, -0.05) is 23.2 Å². The maximum Gasteiger partial charge on any atom is 0.227 e. The number of aliphatic hydroxyl groups is 1. The first-order valence-corrected chi connectivity index (χ1v) is 6.63. The van der Waals surface area contributed by atoms with Gasteiger partial charge < -0.3 is 10.0 Å². The molecule has 17 heavy (non-hydrogen) atoms. The Morgan fingerprint density at radius 3 is 2.71 bits per heavy atom. The first kappa shape index (κ1) is 13.1. The van der Waals surface area contributed by atoms with Gasteiger partial charge in [-0.05, 0) is 28.1 Å². The lowest BCUT2D eigenvalue weighted by atomic mass is 10.1. The summed E-state index contributed by atoms with van der Waals surface area (Å²) < 4.78 is 0.693. The highest BCUT2D eigenvalue weighted by atomic mass is 79.9. The van der Waals surface area contributed by atoms with E-state index < -0.39 is 0 Å². The molecule has 1 aliphatic heterocycles. The van der Waals surface area contributed by atoms with Gasteiger partial charge in [0.2, 0.25) is 5.91 Å². The molecule has 0 radical (unpaired) electrons. The summed E-state index contributed by atoms with van der Waals surface area (Å²) >= 11 is 15.4. The van der Waals surface area contributed by atoms with E-state index in [0.29, 0.717) is 33.2 Å². The molecule has 1 aromatic rings. The Hall–Kier alpha value is -0.290. The first-order chi connectivity index (χ1) is 8.02. The normalized spacial score (nSPS) is 20.1. The molecule has 1 aromatic carbocycles. The summed E-state index contributed by atoms with van der Waals surface area (Å²) in [7, 11) is 0. The van der Waals surface area contributed by atoms with Gasteiger partial charge in [-0.3, -0.25) is 4.79 Å². The Morgan fingerprint density at radius 2 is 2.12 bits per heavy atom. The standard InChI is InChI=1S/C11H10BrCl2NO2/c12-7-2-9(14)10(3-8(7)13)15-4-6(5-16)1-11(15)17/h2-3,6,16H,1,4-5H2. The van der Waals surface area contributed by atoms with Gasteiger partial charge in [-0.15, -0.1) is 0 Å². The molecule has 3 nitrogen and oxygen atoms in total. The van der Waals surface area contributed by atoms with Crippen LogP contribution in [0.1, 0.15) is 6.42 Å². The van der Waals surface area contributed by atoms with Crippen LogP contribution in [-0.2, 0) is 4.79 Å². The van der Waals surface area contributed by atoms with E-state index in [-0.39, 0.29) is 18.4 Å². The molecule has 0 aromatic heterocycles. The molecule has 1 fully saturated rings. The number of halogens is 3. The molecule has 0 spiro atoms. The second-order valence-corrected chi connectivity index (χ2v) is 5.64. The van der Waals surface area contributed by atoms with E-state index in [1.807, 2.05) is 0 Å². The third-order valence-electron chi connectivity index (χ3n) is 2.74. The predicted octanol–water partition coefficient (Wildman–Crippen LogP) is 3.10. The van der Waals surface area contributed by atoms with Crippen LogP contribution in [-0.4, -0.2) is 24.2 Å². The van der Waals surface area contributed by atoms with Gasteiger partial charge in [0.25, 0.3) is 0 Å². The summed E-state index contributed by atoms with van der Waals surface area (Å²) in [6.07, 6.45) is 0.348. The van der Waals surface area contributed by atoms with Gasteiger partial charge in [-0.2, -0.15) is 0 Å². The van der Waals surface area contributed by atoms with E-state index >= 15 is 0 Å². The molecule has 0 aliphatic carbocycles. The second kappa shape index (κ2) is 5.14. The zero-order chi connectivity index (χ0) is 12.6. The zero-order valence-corrected chi connectivity index (χ0v) is 11.9. The lowest BCUT2D eigenvalue weighted by molar-refractivity contribution is -0.117. The van der Waals surface area contributed by atoms with Crippen molar-refractivity contribution in [1.82, 2.24) is 0 Å². The lowest BCUT2D eigenvalue weighted by Crippen LogP contribution is -2.25. The number of anilines is 1. The van der Waals surface area contributed by atoms with Crippen molar-refractivity contribution < 1.29 is 9.90 Å². The Balaban J connectivity index is 2.35. The number of carbonyl (C=O) groups is 1. The molecule has 1 N–H and O–H groups in total. The molecular weight excluding hydrogens is 329 g/mol. The Labute approximate surface area is 117 Å². The van der Waals surface area contributed by atoms with Crippen molar-refractivity contribution in [3.8, 4) is 0 Å². The fourth-order valence-corrected chi connectivity index (χ4v) is 2.75. The maximum absolute atomic E-state index is 11.8. The molecular formula is C11H10BrCl2NO2. The van der Waals surface area contributed by atoms with Crippen LogP contribution in [0.15, 0.2) is 16.6 Å². The second-order valence-electron chi connectivity index (χ2n) is 3.97. The molecule has 6 heteroatoms. The number of hydrogen-bond donors (Lipinski definition) is 1. The largest absolute Gasteiger partial charge is 0.396 e. The zero-order valence-electron chi connectivity index (χ0n) is 8.79. The van der Waals surface area contributed by atoms with Crippen molar-refractivity contribution in [2.75, 3.05) is 18.1 Å². The first-order valence-electron chi connectivity index (χ1n) is 5.08. The highest BCUT2D eigenvalue weighted by molar-refractivity contribution is 9.10. The smallest absolute Gasteiger partial charge is 0.227 e. The summed E-state index contributed by atoms with van der Waals surface area (Å²) in [5, 5.41) is 10.0. The fourth-order valence-electron chi connectivity index (χ4n) is 1.86. The Bertz CT molecular complexity index is 467. The Kier molecular flexibility index (Phi) is 3.98. The van der Waals surface area contributed by atoms with Gasteiger partial charge in [-0.25, -0.2) is 0 Å². The number of nitrogens with zero attached hydrogens (tertiary/aromatic N) is 1. The van der Waals surface area contributed by atoms with E-state index in [4.69, 9.17) is 28.3 Å². The summed E-state index contributed by atoms with van der Waals surface area (Å²) in [6, 6.07) is 3.32. The minimum atomic E-state index is -0.0376. The quantitative estimate of drug-likeness (QED) is 0.842. The Morgan fingerprint density at radius 1 is 1.41 bits per heavy atom. The summed E-state index contributed by atoms with van der Waals surface area (Å²) in [6.45, 7) is 0.483. The molecule has 1 heterocycles. The van der Waals surface area contributed by atoms with Crippen molar-refractivity contribution in [2.24, 2.45) is 5.92 Å². The van der Waals surface area contributed by atoms with E-state index in [1.54, 1.807) is 17.0 Å². The SMILES string of the molecule is O=C1CC(CO)CN1c1cc(Cl)c(Br)cc1Cl. The average Bonchev–Trinajstić information content (AvgIpc) is 2.65. The van der Waals surface area contributed by atoms with Crippen molar-refractivity contribution >= 4 is 50.7 Å². The number of rotatable bonds is 2. The summed E-state index contributed by atoms with van der Waals surface area (Å²) in [5.74, 6) is -0.0645. The predicted molar refractivity (Wildman–Crippen MR) is 71.7 cm³/mol. The van der Waals surface area contributed by atoms with E-state index in [1.165, 1.54) is 0 Å². The molecule has 0 bridgehead atoms. The van der Waals surface area contributed by atoms with Crippen LogP contribution < -0.4 is 4.90 Å². The van der Waals surface area contributed by atoms with Crippen LogP contribution in [0.2, 0.25) is 10.0 Å². The lowest BCUT2D eigenvalue weighted by Gasteiger charge is -2.18. The molecule has 1 unspecified atom stereocenters. The molecule has 0 saturated carbocycles. The van der Waals surface area contributed by atoms with Crippen LogP contribution in [0.3, 0.4) is 0 Å². The van der Waals surface area contributed by atoms with Gasteiger partial charge in [0.15, 0.2) is 0 Å². The highest BCUT2D eigenvalue weighted by Crippen LogP contribution is 2.37. The topological polar surface area (TPSA) is 40.5 Å². The van der Waals surface area contributed by atoms with Crippen molar-refractivity contribution in [3.63, 3.8) is 0 Å². The molecule has 1 aliphatic rings. The van der Waals surface area contributed by atoms with Crippen molar-refractivity contribution in [2.45, 2.75) is 6.42 Å². The third-order valence-corrected chi connectivity index (χ3v) is 4.24. The molecule has 1 saturated heterocycles. The van der Waals surface area contributed by atoms with E-state index in [0.717, 1.165) is 0 Å². The highest BCUT2D eigenvalue weighted by Gasteiger charge is 2.31. The van der Waals surface area contributed by atoms with Crippen LogP contribution >= 0.6 is 39.1 Å². The van der Waals surface area contributed by atoms with Gasteiger partial charge in [0, 0.05) is 30.0 Å². The van der Waals surface area contributed by atoms with Crippen LogP contribution in [0.5, 0.6) is 0 Å². The summed E-state index contributed by atoms with van der Waals surface area (Å²) in [4.78, 5) is 13.4. The fraction of sp³-hybridized carbons (Fsp3) is 0.364. The van der Waals surface area contributed by atoms with Crippen LogP contribution in [0.25, 0.3) is 0 Å². The number of benzene rings is 1. The monoisotopic (exact) mass is 337 g/mol. The van der Waals surface area contributed by atoms with E-state index in [9.17, 15) is 4.79 Å². The molecule has 1 atom stereocenters. The maximum atomic E-state index is 11.8. The van der Waals surface area contributed by atoms with Crippen LogP contribution in [0.4, 0.5) is 5.69 Å². The summed E-state index contributed by atoms with van der Waals surface area (Å²) in [5.41, 5.74) is 0.598. The van der Waals surface area contributed by atoms with E-state index in [2.05, 4.69) is 15.9 Å². The number of amides is 1. The average molecular weight is 339 g/mol. The third kappa shape index (κ3) is 2.60. The van der Waals surface area contributed by atoms with Crippen molar-refractivity contribution in [1.29, 1.82) is 0 Å². The number of aliphatic hydroxyl groups excluding tert-OH is 1. The number of carbonyl (C=O) groups excluding carboxylic acids is 1. The van der Waals surface area contributed by atoms with Gasteiger partial charge >= 0.3 is 0 Å². The van der Waals surface area contributed by atoms with Gasteiger partial charge in [0.05, 0.1) is 15.7 Å². The molecule has 1 amide bonds. The number of hydrogen-bond acceptors (Lipinski definition) is 2.